The summed E-state index contributed by atoms with van der Waals surface area (Å²) in [5.74, 6) is 0.00752. The molecule has 0 spiro atoms. The number of methoxy groups -OCH3 is 1. The van der Waals surface area contributed by atoms with Crippen molar-refractivity contribution in [2.45, 2.75) is 26.6 Å². The number of carbonyl (C=O) groups is 2. The molecule has 0 aliphatic rings. The van der Waals surface area contributed by atoms with Gasteiger partial charge in [-0.25, -0.2) is 0 Å². The molecule has 2 rings (SSSR count). The molecule has 0 radical (unpaired) electrons. The Kier molecular flexibility index (Phi) is 7.07. The molecule has 0 atom stereocenters. The smallest absolute Gasteiger partial charge is 0.406 e. The number of amides is 1. The van der Waals surface area contributed by atoms with Gasteiger partial charge >= 0.3 is 6.18 Å². The number of carbonyl (C=O) groups excluding carboxylic acids is 2. The first-order chi connectivity index (χ1) is 13.5. The second-order valence-electron chi connectivity index (χ2n) is 6.86. The topological polar surface area (TPSA) is 63.6 Å². The summed E-state index contributed by atoms with van der Waals surface area (Å²) in [5, 5.41) is 2.71. The Balaban J connectivity index is 1.96. The third-order valence-electron chi connectivity index (χ3n) is 4.41. The van der Waals surface area contributed by atoms with E-state index in [1.165, 1.54) is 24.8 Å². The number of aromatic nitrogens is 1. The molecule has 0 aliphatic carbocycles. The minimum Gasteiger partial charge on any atom is -0.497 e. The van der Waals surface area contributed by atoms with E-state index in [9.17, 15) is 22.8 Å². The van der Waals surface area contributed by atoms with Gasteiger partial charge < -0.3 is 14.6 Å². The van der Waals surface area contributed by atoms with E-state index in [1.807, 2.05) is 0 Å². The van der Waals surface area contributed by atoms with Crippen molar-refractivity contribution in [2.24, 2.45) is 0 Å². The fourth-order valence-electron chi connectivity index (χ4n) is 3.01. The molecule has 9 heteroatoms. The van der Waals surface area contributed by atoms with Crippen LogP contribution in [0, 0.1) is 13.8 Å². The summed E-state index contributed by atoms with van der Waals surface area (Å²) in [6.07, 6.45) is -4.37. The normalized spacial score (nSPS) is 11.6. The lowest BCUT2D eigenvalue weighted by molar-refractivity contribution is -0.141. The van der Waals surface area contributed by atoms with Crippen molar-refractivity contribution >= 4 is 17.4 Å². The van der Waals surface area contributed by atoms with E-state index in [4.69, 9.17) is 4.74 Å². The molecule has 0 aliphatic heterocycles. The Labute approximate surface area is 167 Å². The largest absolute Gasteiger partial charge is 0.497 e. The fraction of sp³-hybridized carbons (Fsp3) is 0.400. The summed E-state index contributed by atoms with van der Waals surface area (Å²) in [7, 11) is 3.14. The number of likely N-dealkylation sites (N-methyl/N-ethyl adjacent to an activating group) is 1. The van der Waals surface area contributed by atoms with Crippen LogP contribution in [-0.4, -0.2) is 54.6 Å². The van der Waals surface area contributed by atoms with E-state index in [1.54, 1.807) is 38.4 Å². The number of ketones is 1. The van der Waals surface area contributed by atoms with Crippen LogP contribution in [0.2, 0.25) is 0 Å². The number of alkyl halides is 3. The molecule has 0 saturated heterocycles. The van der Waals surface area contributed by atoms with E-state index in [0.29, 0.717) is 17.1 Å². The number of aryl methyl sites for hydroxylation is 1. The zero-order valence-electron chi connectivity index (χ0n) is 16.8. The highest BCUT2D eigenvalue weighted by atomic mass is 19.4. The summed E-state index contributed by atoms with van der Waals surface area (Å²) >= 11 is 0. The molecule has 1 aromatic carbocycles. The predicted molar refractivity (Wildman–Crippen MR) is 103 cm³/mol. The van der Waals surface area contributed by atoms with Crippen molar-refractivity contribution in [3.63, 3.8) is 0 Å². The molecule has 1 aromatic heterocycles. The van der Waals surface area contributed by atoms with Crippen molar-refractivity contribution in [3.8, 4) is 5.75 Å². The van der Waals surface area contributed by atoms with Gasteiger partial charge in [-0.15, -0.1) is 0 Å². The lowest BCUT2D eigenvalue weighted by atomic mass is 10.1. The monoisotopic (exact) mass is 411 g/mol. The van der Waals surface area contributed by atoms with Crippen molar-refractivity contribution in [1.29, 1.82) is 0 Å². The first kappa shape index (κ1) is 22.5. The molecule has 29 heavy (non-hydrogen) atoms. The van der Waals surface area contributed by atoms with Gasteiger partial charge in [-0.05, 0) is 51.2 Å². The summed E-state index contributed by atoms with van der Waals surface area (Å²) < 4.78 is 44.3. The number of hydrogen-bond donors (Lipinski definition) is 1. The van der Waals surface area contributed by atoms with Crippen molar-refractivity contribution in [2.75, 3.05) is 32.6 Å². The van der Waals surface area contributed by atoms with Crippen molar-refractivity contribution < 1.29 is 27.5 Å². The first-order valence-corrected chi connectivity index (χ1v) is 8.89. The van der Waals surface area contributed by atoms with Gasteiger partial charge in [-0.1, -0.05) is 0 Å². The molecule has 158 valence electrons. The number of nitrogens with one attached hydrogen (secondary N) is 1. The van der Waals surface area contributed by atoms with Crippen LogP contribution in [0.5, 0.6) is 5.75 Å². The molecular formula is C20H24F3N3O3. The number of rotatable bonds is 8. The molecule has 0 unspecified atom stereocenters. The van der Waals surface area contributed by atoms with Gasteiger partial charge in [0.25, 0.3) is 0 Å². The third-order valence-corrected chi connectivity index (χ3v) is 4.41. The maximum atomic E-state index is 12.7. The molecular weight excluding hydrogens is 387 g/mol. The average molecular weight is 411 g/mol. The summed E-state index contributed by atoms with van der Waals surface area (Å²) in [6, 6.07) is 8.25. The van der Waals surface area contributed by atoms with E-state index >= 15 is 0 Å². The van der Waals surface area contributed by atoms with E-state index in [2.05, 4.69) is 5.32 Å². The maximum absolute atomic E-state index is 12.7. The second-order valence-corrected chi connectivity index (χ2v) is 6.86. The maximum Gasteiger partial charge on any atom is 0.406 e. The van der Waals surface area contributed by atoms with Crippen molar-refractivity contribution in [3.05, 3.63) is 47.3 Å². The number of hydrogen-bond acceptors (Lipinski definition) is 4. The minimum absolute atomic E-state index is 0.0426. The van der Waals surface area contributed by atoms with E-state index in [0.717, 1.165) is 4.57 Å². The molecule has 0 saturated carbocycles. The Morgan fingerprint density at radius 1 is 1.14 bits per heavy atom. The van der Waals surface area contributed by atoms with Crippen LogP contribution in [-0.2, 0) is 11.3 Å². The third kappa shape index (κ3) is 6.35. The number of ether oxygens (including phenoxy) is 1. The summed E-state index contributed by atoms with van der Waals surface area (Å²) in [6.45, 7) is 1.74. The van der Waals surface area contributed by atoms with Gasteiger partial charge in [0.2, 0.25) is 5.91 Å². The Morgan fingerprint density at radius 3 is 2.31 bits per heavy atom. The Bertz CT molecular complexity index is 874. The first-order valence-electron chi connectivity index (χ1n) is 8.89. The van der Waals surface area contributed by atoms with Crippen LogP contribution in [0.3, 0.4) is 0 Å². The number of halogens is 3. The number of benzene rings is 1. The van der Waals surface area contributed by atoms with Crippen molar-refractivity contribution in [1.82, 2.24) is 9.47 Å². The minimum atomic E-state index is -4.37. The zero-order chi connectivity index (χ0) is 21.8. The lowest BCUT2D eigenvalue weighted by Crippen LogP contribution is -2.34. The van der Waals surface area contributed by atoms with Crippen LogP contribution in [0.4, 0.5) is 18.9 Å². The molecule has 1 heterocycles. The highest BCUT2D eigenvalue weighted by Crippen LogP contribution is 2.23. The molecule has 0 bridgehead atoms. The van der Waals surface area contributed by atoms with E-state index < -0.39 is 12.7 Å². The lowest BCUT2D eigenvalue weighted by Gasteiger charge is -2.16. The Morgan fingerprint density at radius 2 is 1.76 bits per heavy atom. The van der Waals surface area contributed by atoms with Gasteiger partial charge in [-0.2, -0.15) is 13.2 Å². The van der Waals surface area contributed by atoms with Gasteiger partial charge in [0, 0.05) is 22.6 Å². The standard InChI is InChI=1S/C20H24F3N3O3/c1-13-9-17(14(2)26(13)12-20(21,22)23)18(27)10-25(3)11-19(28)24-15-5-7-16(29-4)8-6-15/h5-9H,10-12H2,1-4H3,(H,24,28). The van der Waals surface area contributed by atoms with Gasteiger partial charge in [0.05, 0.1) is 20.2 Å². The molecule has 1 amide bonds. The van der Waals surface area contributed by atoms with Crippen LogP contribution in [0.1, 0.15) is 21.7 Å². The predicted octanol–water partition coefficient (Wildman–Crippen LogP) is 3.43. The fourth-order valence-corrected chi connectivity index (χ4v) is 3.01. The summed E-state index contributed by atoms with van der Waals surface area (Å²) in [5.41, 5.74) is 1.45. The number of anilines is 1. The average Bonchev–Trinajstić information content (AvgIpc) is 2.89. The quantitative estimate of drug-likeness (QED) is 0.676. The molecule has 6 nitrogen and oxygen atoms in total. The highest BCUT2D eigenvalue weighted by Gasteiger charge is 2.30. The van der Waals surface area contributed by atoms with Crippen LogP contribution in [0.15, 0.2) is 30.3 Å². The number of nitrogens with zero attached hydrogens (tertiary/aromatic N) is 2. The van der Waals surface area contributed by atoms with Gasteiger partial charge in [0.15, 0.2) is 5.78 Å². The van der Waals surface area contributed by atoms with Crippen LogP contribution < -0.4 is 10.1 Å². The second kappa shape index (κ2) is 9.13. The number of Topliss-reactive ketones (excluding diaryl/α,β-unsaturated/α-hetero) is 1. The molecule has 2 aromatic rings. The van der Waals surface area contributed by atoms with Gasteiger partial charge in [0.1, 0.15) is 12.3 Å². The highest BCUT2D eigenvalue weighted by molar-refractivity contribution is 5.99. The van der Waals surface area contributed by atoms with Crippen LogP contribution >= 0.6 is 0 Å². The summed E-state index contributed by atoms with van der Waals surface area (Å²) in [4.78, 5) is 26.2. The van der Waals surface area contributed by atoms with E-state index in [-0.39, 0.29) is 36.0 Å². The van der Waals surface area contributed by atoms with Crippen LogP contribution in [0.25, 0.3) is 0 Å². The Hall–Kier alpha value is -2.81. The molecule has 1 N–H and O–H groups in total. The molecule has 0 fully saturated rings. The zero-order valence-corrected chi connectivity index (χ0v) is 16.8. The van der Waals surface area contributed by atoms with Gasteiger partial charge in [-0.3, -0.25) is 14.5 Å². The SMILES string of the molecule is COc1ccc(NC(=O)CN(C)CC(=O)c2cc(C)n(CC(F)(F)F)c2C)cc1.